The summed E-state index contributed by atoms with van der Waals surface area (Å²) in [4.78, 5) is 25.0. The minimum atomic E-state index is -0.918. The summed E-state index contributed by atoms with van der Waals surface area (Å²) in [6, 6.07) is 19.2. The van der Waals surface area contributed by atoms with Crippen molar-refractivity contribution in [1.29, 1.82) is 5.26 Å². The Hall–Kier alpha value is -4.05. The number of ether oxygens (including phenoxy) is 1. The van der Waals surface area contributed by atoms with Crippen molar-refractivity contribution in [2.45, 2.75) is 45.3 Å². The number of halogens is 2. The molecule has 3 rings (SSSR count). The molecule has 1 amide bonds. The second-order valence-corrected chi connectivity index (χ2v) is 9.07. The summed E-state index contributed by atoms with van der Waals surface area (Å²) in [5, 5.41) is 11.7. The van der Waals surface area contributed by atoms with Gasteiger partial charge in [-0.3, -0.25) is 4.79 Å². The number of hydrogen-bond donors (Lipinski definition) is 1. The molecule has 0 spiro atoms. The van der Waals surface area contributed by atoms with Gasteiger partial charge in [-0.15, -0.1) is 0 Å². The van der Waals surface area contributed by atoms with Crippen molar-refractivity contribution in [3.63, 3.8) is 0 Å². The van der Waals surface area contributed by atoms with Crippen molar-refractivity contribution < 1.29 is 23.1 Å². The van der Waals surface area contributed by atoms with E-state index in [0.717, 1.165) is 23.3 Å². The Morgan fingerprint density at radius 1 is 0.943 bits per heavy atom. The zero-order valence-corrected chi connectivity index (χ0v) is 19.8. The van der Waals surface area contributed by atoms with E-state index in [-0.39, 0.29) is 12.8 Å². The van der Waals surface area contributed by atoms with Crippen molar-refractivity contribution in [3.05, 3.63) is 95.1 Å². The number of amides is 1. The molecule has 0 aromatic heterocycles. The van der Waals surface area contributed by atoms with Crippen LogP contribution in [-0.2, 0) is 4.74 Å². The summed E-state index contributed by atoms with van der Waals surface area (Å²) in [7, 11) is 0. The lowest BCUT2D eigenvalue weighted by Crippen LogP contribution is -2.35. The van der Waals surface area contributed by atoms with Crippen LogP contribution in [-0.4, -0.2) is 17.5 Å². The van der Waals surface area contributed by atoms with Crippen LogP contribution in [0.1, 0.15) is 61.1 Å². The number of carbonyl (C=O) groups is 2. The summed E-state index contributed by atoms with van der Waals surface area (Å²) < 4.78 is 33.4. The topological polar surface area (TPSA) is 79.2 Å². The first-order valence-electron chi connectivity index (χ1n) is 11.1. The highest BCUT2D eigenvalue weighted by molar-refractivity contribution is 5.96. The first-order valence-corrected chi connectivity index (χ1v) is 11.1. The Morgan fingerprint density at radius 3 is 2.00 bits per heavy atom. The maximum atomic E-state index is 14.0. The number of nitrogens with zero attached hydrogens (tertiary/aromatic N) is 1. The standard InChI is InChI=1S/C28H26F2N2O3/c1-28(2,3)35-27(34)32-24(15-16-25(33)26-22(29)5-4-6-23(26)30)21-13-11-20(12-14-21)19-9-7-18(17-31)8-10-19/h4-14,24H,15-16H2,1-3H3,(H,32,34). The fourth-order valence-corrected chi connectivity index (χ4v) is 3.58. The first kappa shape index (κ1) is 25.6. The van der Waals surface area contributed by atoms with Gasteiger partial charge in [0.1, 0.15) is 17.2 Å². The molecule has 0 heterocycles. The van der Waals surface area contributed by atoms with Gasteiger partial charge in [0, 0.05) is 6.42 Å². The molecule has 1 atom stereocenters. The number of ketones is 1. The first-order chi connectivity index (χ1) is 16.6. The molecule has 3 aromatic rings. The molecule has 1 N–H and O–H groups in total. The molecule has 3 aromatic carbocycles. The molecular weight excluding hydrogens is 450 g/mol. The monoisotopic (exact) mass is 476 g/mol. The lowest BCUT2D eigenvalue weighted by molar-refractivity contribution is 0.0498. The van der Waals surface area contributed by atoms with E-state index < -0.39 is 40.7 Å². The second-order valence-electron chi connectivity index (χ2n) is 9.07. The van der Waals surface area contributed by atoms with Crippen LogP contribution in [0, 0.1) is 23.0 Å². The number of rotatable bonds is 7. The minimum Gasteiger partial charge on any atom is -0.444 e. The second kappa shape index (κ2) is 10.9. The van der Waals surface area contributed by atoms with Crippen molar-refractivity contribution in [2.24, 2.45) is 0 Å². The molecule has 35 heavy (non-hydrogen) atoms. The van der Waals surface area contributed by atoms with Crippen LogP contribution < -0.4 is 5.32 Å². The van der Waals surface area contributed by atoms with E-state index in [0.29, 0.717) is 11.1 Å². The van der Waals surface area contributed by atoms with Crippen LogP contribution >= 0.6 is 0 Å². The smallest absolute Gasteiger partial charge is 0.408 e. The molecule has 0 radical (unpaired) electrons. The SMILES string of the molecule is CC(C)(C)OC(=O)NC(CCC(=O)c1c(F)cccc1F)c1ccc(-c2ccc(C#N)cc2)cc1. The summed E-state index contributed by atoms with van der Waals surface area (Å²) in [5.74, 6) is -2.53. The van der Waals surface area contributed by atoms with E-state index >= 15 is 0 Å². The largest absolute Gasteiger partial charge is 0.444 e. The number of alkyl carbamates (subject to hydrolysis) is 1. The van der Waals surface area contributed by atoms with Gasteiger partial charge in [0.15, 0.2) is 5.78 Å². The Balaban J connectivity index is 1.81. The number of Topliss-reactive ketones (excluding diaryl/α,β-unsaturated/α-hetero) is 1. The number of benzene rings is 3. The van der Waals surface area contributed by atoms with Gasteiger partial charge in [-0.05, 0) is 68.1 Å². The molecule has 5 nitrogen and oxygen atoms in total. The molecule has 0 aliphatic heterocycles. The number of nitriles is 1. The Kier molecular flexibility index (Phi) is 7.98. The number of hydrogen-bond acceptors (Lipinski definition) is 4. The summed E-state index contributed by atoms with van der Waals surface area (Å²) in [6.45, 7) is 5.20. The van der Waals surface area contributed by atoms with Gasteiger partial charge in [0.2, 0.25) is 0 Å². The Morgan fingerprint density at radius 2 is 1.49 bits per heavy atom. The third-order valence-electron chi connectivity index (χ3n) is 5.25. The fourth-order valence-electron chi connectivity index (χ4n) is 3.58. The minimum absolute atomic E-state index is 0.113. The van der Waals surface area contributed by atoms with Gasteiger partial charge in [-0.25, -0.2) is 13.6 Å². The fraction of sp³-hybridized carbons (Fsp3) is 0.250. The molecule has 0 saturated heterocycles. The quantitative estimate of drug-likeness (QED) is 0.383. The van der Waals surface area contributed by atoms with Crippen LogP contribution in [0.5, 0.6) is 0 Å². The van der Waals surface area contributed by atoms with E-state index in [4.69, 9.17) is 10.00 Å². The normalized spacial score (nSPS) is 11.9. The lowest BCUT2D eigenvalue weighted by Gasteiger charge is -2.24. The third kappa shape index (κ3) is 6.97. The van der Waals surface area contributed by atoms with E-state index in [2.05, 4.69) is 11.4 Å². The molecule has 180 valence electrons. The third-order valence-corrected chi connectivity index (χ3v) is 5.25. The number of nitrogens with one attached hydrogen (secondary N) is 1. The zero-order chi connectivity index (χ0) is 25.6. The molecule has 7 heteroatoms. The van der Waals surface area contributed by atoms with Crippen LogP contribution in [0.25, 0.3) is 11.1 Å². The van der Waals surface area contributed by atoms with Gasteiger partial charge in [-0.2, -0.15) is 5.26 Å². The van der Waals surface area contributed by atoms with E-state index in [1.54, 1.807) is 32.9 Å². The maximum Gasteiger partial charge on any atom is 0.408 e. The van der Waals surface area contributed by atoms with Gasteiger partial charge < -0.3 is 10.1 Å². The molecule has 0 aliphatic rings. The molecule has 0 saturated carbocycles. The van der Waals surface area contributed by atoms with Crippen molar-refractivity contribution in [1.82, 2.24) is 5.32 Å². The van der Waals surface area contributed by atoms with Gasteiger partial charge in [-0.1, -0.05) is 42.5 Å². The Bertz CT molecular complexity index is 1220. The van der Waals surface area contributed by atoms with Gasteiger partial charge >= 0.3 is 6.09 Å². The average molecular weight is 477 g/mol. The van der Waals surface area contributed by atoms with Crippen LogP contribution in [0.15, 0.2) is 66.7 Å². The molecular formula is C28H26F2N2O3. The van der Waals surface area contributed by atoms with E-state index in [1.807, 2.05) is 36.4 Å². The van der Waals surface area contributed by atoms with E-state index in [9.17, 15) is 18.4 Å². The molecule has 0 fully saturated rings. The van der Waals surface area contributed by atoms with Gasteiger partial charge in [0.05, 0.1) is 23.2 Å². The summed E-state index contributed by atoms with van der Waals surface area (Å²) in [5.41, 5.74) is 1.77. The lowest BCUT2D eigenvalue weighted by atomic mass is 9.95. The highest BCUT2D eigenvalue weighted by Gasteiger charge is 2.23. The van der Waals surface area contributed by atoms with Crippen molar-refractivity contribution in [2.75, 3.05) is 0 Å². The van der Waals surface area contributed by atoms with Crippen LogP contribution in [0.4, 0.5) is 13.6 Å². The Labute approximate surface area is 203 Å². The highest BCUT2D eigenvalue weighted by Crippen LogP contribution is 2.26. The van der Waals surface area contributed by atoms with Gasteiger partial charge in [0.25, 0.3) is 0 Å². The van der Waals surface area contributed by atoms with Crippen molar-refractivity contribution >= 4 is 11.9 Å². The number of carbonyl (C=O) groups excluding carboxylic acids is 2. The van der Waals surface area contributed by atoms with Crippen LogP contribution in [0.3, 0.4) is 0 Å². The average Bonchev–Trinajstić information content (AvgIpc) is 2.80. The predicted octanol–water partition coefficient (Wildman–Crippen LogP) is 6.73. The summed E-state index contributed by atoms with van der Waals surface area (Å²) in [6.07, 6.45) is -0.735. The summed E-state index contributed by atoms with van der Waals surface area (Å²) >= 11 is 0. The van der Waals surface area contributed by atoms with Crippen LogP contribution in [0.2, 0.25) is 0 Å². The predicted molar refractivity (Wildman–Crippen MR) is 129 cm³/mol. The van der Waals surface area contributed by atoms with E-state index in [1.165, 1.54) is 6.07 Å². The highest BCUT2D eigenvalue weighted by atomic mass is 19.1. The molecule has 1 unspecified atom stereocenters. The molecule has 0 bridgehead atoms. The molecule has 0 aliphatic carbocycles. The van der Waals surface area contributed by atoms with Crippen molar-refractivity contribution in [3.8, 4) is 17.2 Å². The maximum absolute atomic E-state index is 14.0. The zero-order valence-electron chi connectivity index (χ0n) is 19.8.